The summed E-state index contributed by atoms with van der Waals surface area (Å²) in [4.78, 5) is 3.82. The molecular weight excluding hydrogens is 254 g/mol. The topological polar surface area (TPSA) is 41.3 Å². The molecule has 3 N–H and O–H groups in total. The van der Waals surface area contributed by atoms with Crippen molar-refractivity contribution in [1.29, 1.82) is 0 Å². The van der Waals surface area contributed by atoms with E-state index in [1.165, 1.54) is 49.9 Å². The van der Waals surface area contributed by atoms with Gasteiger partial charge in [0.15, 0.2) is 0 Å². The molecule has 3 nitrogen and oxygen atoms in total. The van der Waals surface area contributed by atoms with Crippen LogP contribution in [0, 0.1) is 0 Å². The lowest BCUT2D eigenvalue weighted by Gasteiger charge is -2.31. The largest absolute Gasteiger partial charge is 0.398 e. The minimum Gasteiger partial charge on any atom is -0.398 e. The molecule has 0 amide bonds. The summed E-state index contributed by atoms with van der Waals surface area (Å²) in [6.45, 7) is 3.20. The van der Waals surface area contributed by atoms with Crippen LogP contribution < -0.4 is 11.1 Å². The first-order chi connectivity index (χ1) is 9.27. The number of hydrogen-bond acceptors (Lipinski definition) is 4. The van der Waals surface area contributed by atoms with E-state index in [0.717, 1.165) is 24.8 Å². The van der Waals surface area contributed by atoms with E-state index < -0.39 is 0 Å². The molecule has 1 fully saturated rings. The number of nitrogens with one attached hydrogen (secondary N) is 1. The minimum atomic E-state index is 0.835. The molecule has 1 aliphatic carbocycles. The van der Waals surface area contributed by atoms with Crippen molar-refractivity contribution in [2.24, 2.45) is 0 Å². The van der Waals surface area contributed by atoms with Crippen LogP contribution >= 0.6 is 11.3 Å². The van der Waals surface area contributed by atoms with E-state index in [1.54, 1.807) is 11.3 Å². The molecule has 1 saturated carbocycles. The van der Waals surface area contributed by atoms with Crippen LogP contribution in [0.15, 0.2) is 11.4 Å². The van der Waals surface area contributed by atoms with Crippen molar-refractivity contribution < 1.29 is 0 Å². The van der Waals surface area contributed by atoms with Crippen LogP contribution in [0.1, 0.15) is 43.4 Å². The fourth-order valence-electron chi connectivity index (χ4n) is 2.85. The van der Waals surface area contributed by atoms with Gasteiger partial charge in [-0.2, -0.15) is 0 Å². The van der Waals surface area contributed by atoms with Gasteiger partial charge in [-0.1, -0.05) is 19.3 Å². The van der Waals surface area contributed by atoms with Crippen LogP contribution in [-0.2, 0) is 6.54 Å². The van der Waals surface area contributed by atoms with E-state index in [0.29, 0.717) is 0 Å². The van der Waals surface area contributed by atoms with Crippen molar-refractivity contribution in [2.45, 2.75) is 51.1 Å². The number of anilines is 1. The average molecular weight is 281 g/mol. The van der Waals surface area contributed by atoms with Gasteiger partial charge in [0.05, 0.1) is 0 Å². The Morgan fingerprint density at radius 3 is 2.84 bits per heavy atom. The highest BCUT2D eigenvalue weighted by atomic mass is 32.1. The van der Waals surface area contributed by atoms with Crippen LogP contribution in [-0.4, -0.2) is 31.1 Å². The van der Waals surface area contributed by atoms with Crippen molar-refractivity contribution in [3.05, 3.63) is 16.3 Å². The van der Waals surface area contributed by atoms with Gasteiger partial charge in [-0.15, -0.1) is 11.3 Å². The van der Waals surface area contributed by atoms with Crippen LogP contribution in [0.5, 0.6) is 0 Å². The molecule has 0 saturated heterocycles. The van der Waals surface area contributed by atoms with Crippen molar-refractivity contribution in [3.63, 3.8) is 0 Å². The van der Waals surface area contributed by atoms with E-state index in [2.05, 4.69) is 22.6 Å². The molecular formula is C15H27N3S. The molecule has 1 aromatic rings. The molecule has 1 aromatic heterocycles. The predicted octanol–water partition coefficient (Wildman–Crippen LogP) is 3.07. The second kappa shape index (κ2) is 7.88. The van der Waals surface area contributed by atoms with Gasteiger partial charge in [0.2, 0.25) is 0 Å². The molecule has 0 aromatic carbocycles. The zero-order valence-corrected chi connectivity index (χ0v) is 12.8. The second-order valence-electron chi connectivity index (χ2n) is 5.60. The summed E-state index contributed by atoms with van der Waals surface area (Å²) in [6, 6.07) is 2.82. The van der Waals surface area contributed by atoms with Crippen molar-refractivity contribution in [3.8, 4) is 0 Å². The summed E-state index contributed by atoms with van der Waals surface area (Å²) in [5.41, 5.74) is 6.79. The quantitative estimate of drug-likeness (QED) is 0.755. The van der Waals surface area contributed by atoms with Gasteiger partial charge in [0, 0.05) is 23.2 Å². The van der Waals surface area contributed by atoms with Crippen molar-refractivity contribution in [2.75, 3.05) is 25.9 Å². The fraction of sp³-hybridized carbons (Fsp3) is 0.733. The number of nitrogens with zero attached hydrogens (tertiary/aromatic N) is 1. The highest BCUT2D eigenvalue weighted by Gasteiger charge is 2.17. The first-order valence-corrected chi connectivity index (χ1v) is 8.38. The van der Waals surface area contributed by atoms with Crippen molar-refractivity contribution >= 4 is 17.0 Å². The molecule has 0 radical (unpaired) electrons. The third-order valence-electron chi connectivity index (χ3n) is 4.13. The summed E-state index contributed by atoms with van der Waals surface area (Å²) >= 11 is 1.74. The number of nitrogen functional groups attached to an aromatic ring is 1. The van der Waals surface area contributed by atoms with Crippen LogP contribution in [0.3, 0.4) is 0 Å². The van der Waals surface area contributed by atoms with Gasteiger partial charge < -0.3 is 16.0 Å². The number of thiophene rings is 1. The number of hydrogen-bond donors (Lipinski definition) is 2. The molecule has 1 heterocycles. The molecule has 0 spiro atoms. The van der Waals surface area contributed by atoms with Gasteiger partial charge in [-0.05, 0) is 50.8 Å². The summed E-state index contributed by atoms with van der Waals surface area (Å²) < 4.78 is 0. The lowest BCUT2D eigenvalue weighted by atomic mass is 9.94. The van der Waals surface area contributed by atoms with E-state index in [9.17, 15) is 0 Å². The number of rotatable bonds is 7. The Kier molecular flexibility index (Phi) is 6.14. The minimum absolute atomic E-state index is 0.835. The maximum Gasteiger partial charge on any atom is 0.0468 e. The molecule has 4 heteroatoms. The molecule has 19 heavy (non-hydrogen) atoms. The average Bonchev–Trinajstić information content (AvgIpc) is 2.85. The summed E-state index contributed by atoms with van der Waals surface area (Å²) in [6.07, 6.45) is 8.30. The van der Waals surface area contributed by atoms with Crippen molar-refractivity contribution in [1.82, 2.24) is 10.2 Å². The maximum atomic E-state index is 5.86. The van der Waals surface area contributed by atoms with Gasteiger partial charge in [-0.3, -0.25) is 0 Å². The first-order valence-electron chi connectivity index (χ1n) is 7.50. The smallest absolute Gasteiger partial charge is 0.0468 e. The first kappa shape index (κ1) is 14.8. The Morgan fingerprint density at radius 2 is 2.16 bits per heavy atom. The van der Waals surface area contributed by atoms with Gasteiger partial charge >= 0.3 is 0 Å². The Morgan fingerprint density at radius 1 is 1.37 bits per heavy atom. The van der Waals surface area contributed by atoms with Gasteiger partial charge in [0.25, 0.3) is 0 Å². The summed E-state index contributed by atoms with van der Waals surface area (Å²) in [5, 5.41) is 5.55. The highest BCUT2D eigenvalue weighted by Crippen LogP contribution is 2.21. The molecule has 2 rings (SSSR count). The predicted molar refractivity (Wildman–Crippen MR) is 84.6 cm³/mol. The second-order valence-corrected chi connectivity index (χ2v) is 6.60. The van der Waals surface area contributed by atoms with E-state index in [4.69, 9.17) is 5.73 Å². The molecule has 0 unspecified atom stereocenters. The molecule has 0 bridgehead atoms. The molecule has 0 atom stereocenters. The third-order valence-corrected chi connectivity index (χ3v) is 5.06. The lowest BCUT2D eigenvalue weighted by molar-refractivity contribution is 0.189. The number of nitrogens with two attached hydrogens (primary N) is 1. The summed E-state index contributed by atoms with van der Waals surface area (Å²) in [7, 11) is 2.28. The van der Waals surface area contributed by atoms with E-state index in [-0.39, 0.29) is 0 Å². The zero-order valence-electron chi connectivity index (χ0n) is 12.0. The normalized spacial score (nSPS) is 17.2. The monoisotopic (exact) mass is 281 g/mol. The fourth-order valence-corrected chi connectivity index (χ4v) is 3.62. The standard InChI is InChI=1S/C15H27N3S/c1-18(13-6-3-2-4-7-13)10-5-9-17-12-15-14(16)8-11-19-15/h8,11,13,17H,2-7,9-10,12,16H2,1H3. The Bertz CT molecular complexity index is 358. The summed E-state index contributed by atoms with van der Waals surface area (Å²) in [5.74, 6) is 0. The zero-order chi connectivity index (χ0) is 13.5. The maximum absolute atomic E-state index is 5.86. The Balaban J connectivity index is 1.55. The third kappa shape index (κ3) is 4.79. The Hall–Kier alpha value is -0.580. The molecule has 0 aliphatic heterocycles. The SMILES string of the molecule is CN(CCCNCc1sccc1N)C1CCCCC1. The van der Waals surface area contributed by atoms with Gasteiger partial charge in [-0.25, -0.2) is 0 Å². The highest BCUT2D eigenvalue weighted by molar-refractivity contribution is 7.10. The molecule has 1 aliphatic rings. The van der Waals surface area contributed by atoms with E-state index in [1.807, 2.05) is 6.07 Å². The van der Waals surface area contributed by atoms with E-state index >= 15 is 0 Å². The van der Waals surface area contributed by atoms with Crippen LogP contribution in [0.2, 0.25) is 0 Å². The van der Waals surface area contributed by atoms with Gasteiger partial charge in [0.1, 0.15) is 0 Å². The Labute approximate surface area is 121 Å². The van der Waals surface area contributed by atoms with Crippen LogP contribution in [0.4, 0.5) is 5.69 Å². The molecule has 108 valence electrons. The van der Waals surface area contributed by atoms with Crippen LogP contribution in [0.25, 0.3) is 0 Å². The lowest BCUT2D eigenvalue weighted by Crippen LogP contribution is -2.35.